The molecular weight excluding hydrogens is 320 g/mol. The third-order valence-corrected chi connectivity index (χ3v) is 4.58. The number of carbonyl (C=O) groups is 2. The molecule has 0 spiro atoms. The van der Waals surface area contributed by atoms with Crippen LogP contribution in [-0.4, -0.2) is 32.1 Å². The Morgan fingerprint density at radius 1 is 1.12 bits per heavy atom. The summed E-state index contributed by atoms with van der Waals surface area (Å²) in [5.74, 6) is 0.228. The van der Waals surface area contributed by atoms with Gasteiger partial charge in [0.25, 0.3) is 0 Å². The highest BCUT2D eigenvalue weighted by molar-refractivity contribution is 6.39. The number of anilines is 1. The van der Waals surface area contributed by atoms with Gasteiger partial charge in [-0.15, -0.1) is 0 Å². The molecule has 2 N–H and O–H groups in total. The third kappa shape index (κ3) is 5.11. The van der Waals surface area contributed by atoms with E-state index >= 15 is 0 Å². The molecule has 0 heterocycles. The minimum atomic E-state index is -0.706. The smallest absolute Gasteiger partial charge is 0.313 e. The van der Waals surface area contributed by atoms with Gasteiger partial charge in [0.2, 0.25) is 0 Å². The Hall–Kier alpha value is -2.24. The molecule has 0 radical (unpaired) electrons. The number of benzene rings is 1. The maximum absolute atomic E-state index is 12.3. The summed E-state index contributed by atoms with van der Waals surface area (Å²) in [7, 11) is 3.04. The van der Waals surface area contributed by atoms with Crippen LogP contribution in [0.5, 0.6) is 11.5 Å². The molecule has 2 atom stereocenters. The largest absolute Gasteiger partial charge is 0.497 e. The van der Waals surface area contributed by atoms with Crippen molar-refractivity contribution in [1.29, 1.82) is 0 Å². The molecule has 138 valence electrons. The summed E-state index contributed by atoms with van der Waals surface area (Å²) in [5, 5.41) is 5.47. The van der Waals surface area contributed by atoms with Gasteiger partial charge in [0.15, 0.2) is 0 Å². The Bertz CT molecular complexity index is 642. The first-order valence-electron chi connectivity index (χ1n) is 8.58. The summed E-state index contributed by atoms with van der Waals surface area (Å²) in [5.41, 5.74) is 0.571. The first-order valence-corrected chi connectivity index (χ1v) is 8.58. The summed E-state index contributed by atoms with van der Waals surface area (Å²) in [6.07, 6.45) is 2.90. The molecule has 0 unspecified atom stereocenters. The van der Waals surface area contributed by atoms with Crippen LogP contribution in [0.25, 0.3) is 0 Å². The Kier molecular flexibility index (Phi) is 5.93. The van der Waals surface area contributed by atoms with Crippen molar-refractivity contribution in [2.45, 2.75) is 46.1 Å². The first kappa shape index (κ1) is 19.1. The normalized spacial score (nSPS) is 22.0. The molecule has 6 nitrogen and oxygen atoms in total. The lowest BCUT2D eigenvalue weighted by Crippen LogP contribution is -2.46. The Labute approximate surface area is 149 Å². The van der Waals surface area contributed by atoms with E-state index in [4.69, 9.17) is 9.47 Å². The summed E-state index contributed by atoms with van der Waals surface area (Å²) in [6.45, 7) is 6.58. The molecule has 2 amide bonds. The van der Waals surface area contributed by atoms with Gasteiger partial charge in [-0.3, -0.25) is 9.59 Å². The molecule has 0 aliphatic heterocycles. The summed E-state index contributed by atoms with van der Waals surface area (Å²) >= 11 is 0. The van der Waals surface area contributed by atoms with Crippen LogP contribution in [0.1, 0.15) is 40.0 Å². The second-order valence-corrected chi connectivity index (χ2v) is 7.60. The molecule has 6 heteroatoms. The Balaban J connectivity index is 2.02. The van der Waals surface area contributed by atoms with Crippen molar-refractivity contribution < 1.29 is 19.1 Å². The number of amides is 2. The fraction of sp³-hybridized carbons (Fsp3) is 0.579. The van der Waals surface area contributed by atoms with Gasteiger partial charge in [0.1, 0.15) is 11.5 Å². The molecule has 0 aromatic heterocycles. The van der Waals surface area contributed by atoms with E-state index in [-0.39, 0.29) is 11.5 Å². The maximum Gasteiger partial charge on any atom is 0.313 e. The number of ether oxygens (including phenoxy) is 2. The molecular formula is C19H28N2O4. The molecule has 25 heavy (non-hydrogen) atoms. The van der Waals surface area contributed by atoms with Crippen molar-refractivity contribution in [3.8, 4) is 11.5 Å². The van der Waals surface area contributed by atoms with Crippen LogP contribution in [-0.2, 0) is 9.59 Å². The topological polar surface area (TPSA) is 76.7 Å². The van der Waals surface area contributed by atoms with Gasteiger partial charge >= 0.3 is 11.8 Å². The number of methoxy groups -OCH3 is 2. The lowest BCUT2D eigenvalue weighted by Gasteiger charge is -2.39. The fourth-order valence-electron chi connectivity index (χ4n) is 3.80. The second-order valence-electron chi connectivity index (χ2n) is 7.60. The average Bonchev–Trinajstić information content (AvgIpc) is 2.52. The van der Waals surface area contributed by atoms with E-state index in [1.807, 2.05) is 0 Å². The molecule has 1 aliphatic carbocycles. The highest BCUT2D eigenvalue weighted by Crippen LogP contribution is 2.38. The van der Waals surface area contributed by atoms with Gasteiger partial charge in [-0.25, -0.2) is 0 Å². The number of rotatable bonds is 4. The monoisotopic (exact) mass is 348 g/mol. The van der Waals surface area contributed by atoms with E-state index in [0.717, 1.165) is 19.3 Å². The molecule has 2 rings (SSSR count). The van der Waals surface area contributed by atoms with E-state index in [9.17, 15) is 9.59 Å². The number of nitrogens with one attached hydrogen (secondary N) is 2. The van der Waals surface area contributed by atoms with Crippen LogP contribution >= 0.6 is 0 Å². The molecule has 0 bridgehead atoms. The van der Waals surface area contributed by atoms with E-state index in [1.165, 1.54) is 14.2 Å². The van der Waals surface area contributed by atoms with Gasteiger partial charge in [-0.2, -0.15) is 0 Å². The molecule has 1 aromatic rings. The van der Waals surface area contributed by atoms with Crippen LogP contribution in [0.2, 0.25) is 0 Å². The molecule has 1 aromatic carbocycles. The predicted octanol–water partition coefficient (Wildman–Crippen LogP) is 2.97. The van der Waals surface area contributed by atoms with Gasteiger partial charge in [-0.1, -0.05) is 20.8 Å². The zero-order valence-corrected chi connectivity index (χ0v) is 15.6. The number of hydrogen-bond acceptors (Lipinski definition) is 4. The lowest BCUT2D eigenvalue weighted by molar-refractivity contribution is -0.137. The molecule has 1 saturated carbocycles. The van der Waals surface area contributed by atoms with Crippen LogP contribution in [0, 0.1) is 11.3 Å². The van der Waals surface area contributed by atoms with E-state index in [0.29, 0.717) is 23.1 Å². The molecule has 1 fully saturated rings. The summed E-state index contributed by atoms with van der Waals surface area (Å²) in [6, 6.07) is 5.04. The van der Waals surface area contributed by atoms with E-state index in [1.54, 1.807) is 18.2 Å². The van der Waals surface area contributed by atoms with Crippen LogP contribution in [0.15, 0.2) is 18.2 Å². The average molecular weight is 348 g/mol. The van der Waals surface area contributed by atoms with Crippen molar-refractivity contribution in [3.05, 3.63) is 18.2 Å². The van der Waals surface area contributed by atoms with Crippen molar-refractivity contribution >= 4 is 17.5 Å². The first-order chi connectivity index (χ1) is 11.7. The zero-order chi connectivity index (χ0) is 18.6. The standard InChI is InChI=1S/C19H28N2O4/c1-12-8-13(11-19(2,3)10-12)20-17(22)18(23)21-15-9-14(24-4)6-7-16(15)25-5/h6-7,9,12-13H,8,10-11H2,1-5H3,(H,20,22)(H,21,23)/t12-,13+/m1/s1. The Morgan fingerprint density at radius 3 is 2.44 bits per heavy atom. The maximum atomic E-state index is 12.3. The van der Waals surface area contributed by atoms with Gasteiger partial charge in [-0.05, 0) is 42.7 Å². The Morgan fingerprint density at radius 2 is 1.84 bits per heavy atom. The van der Waals surface area contributed by atoms with Gasteiger partial charge in [0.05, 0.1) is 19.9 Å². The number of hydrogen-bond donors (Lipinski definition) is 2. The number of carbonyl (C=O) groups excluding carboxylic acids is 2. The zero-order valence-electron chi connectivity index (χ0n) is 15.6. The highest BCUT2D eigenvalue weighted by atomic mass is 16.5. The summed E-state index contributed by atoms with van der Waals surface area (Å²) < 4.78 is 10.4. The van der Waals surface area contributed by atoms with E-state index in [2.05, 4.69) is 31.4 Å². The van der Waals surface area contributed by atoms with Crippen LogP contribution in [0.4, 0.5) is 5.69 Å². The lowest BCUT2D eigenvalue weighted by atomic mass is 9.70. The minimum Gasteiger partial charge on any atom is -0.497 e. The second kappa shape index (κ2) is 7.76. The van der Waals surface area contributed by atoms with Crippen LogP contribution < -0.4 is 20.1 Å². The van der Waals surface area contributed by atoms with E-state index < -0.39 is 11.8 Å². The quantitative estimate of drug-likeness (QED) is 0.820. The summed E-state index contributed by atoms with van der Waals surface area (Å²) in [4.78, 5) is 24.6. The van der Waals surface area contributed by atoms with Gasteiger partial charge in [0, 0.05) is 12.1 Å². The van der Waals surface area contributed by atoms with Crippen molar-refractivity contribution in [2.24, 2.45) is 11.3 Å². The van der Waals surface area contributed by atoms with Crippen molar-refractivity contribution in [3.63, 3.8) is 0 Å². The molecule has 0 saturated heterocycles. The SMILES string of the molecule is COc1ccc(OC)c(NC(=O)C(=O)N[C@H]2C[C@@H](C)CC(C)(C)C2)c1. The van der Waals surface area contributed by atoms with Crippen LogP contribution in [0.3, 0.4) is 0 Å². The predicted molar refractivity (Wildman–Crippen MR) is 96.9 cm³/mol. The fourth-order valence-corrected chi connectivity index (χ4v) is 3.80. The van der Waals surface area contributed by atoms with Crippen molar-refractivity contribution in [2.75, 3.05) is 19.5 Å². The third-order valence-electron chi connectivity index (χ3n) is 4.58. The van der Waals surface area contributed by atoms with Gasteiger partial charge < -0.3 is 20.1 Å². The highest BCUT2D eigenvalue weighted by Gasteiger charge is 2.33. The van der Waals surface area contributed by atoms with Crippen molar-refractivity contribution in [1.82, 2.24) is 5.32 Å². The molecule has 1 aliphatic rings. The minimum absolute atomic E-state index is 0.0178.